The number of anilines is 1. The van der Waals surface area contributed by atoms with Crippen LogP contribution in [-0.4, -0.2) is 30.5 Å². The van der Waals surface area contributed by atoms with Gasteiger partial charge in [-0.05, 0) is 24.6 Å². The van der Waals surface area contributed by atoms with Crippen LogP contribution in [-0.2, 0) is 4.79 Å². The molecule has 3 rings (SSSR count). The highest BCUT2D eigenvalue weighted by Gasteiger charge is 2.16. The fourth-order valence-electron chi connectivity index (χ4n) is 2.28. The van der Waals surface area contributed by atoms with Crippen molar-refractivity contribution in [3.05, 3.63) is 35.4 Å². The number of nitrogens with one attached hydrogen (secondary N) is 1. The molecule has 4 nitrogen and oxygen atoms in total. The van der Waals surface area contributed by atoms with Crippen LogP contribution >= 0.6 is 11.6 Å². The van der Waals surface area contributed by atoms with E-state index in [9.17, 15) is 4.79 Å². The quantitative estimate of drug-likeness (QED) is 0.868. The maximum Gasteiger partial charge on any atom is 0.239 e. The van der Waals surface area contributed by atoms with E-state index in [-0.39, 0.29) is 5.91 Å². The molecule has 1 aromatic heterocycles. The number of para-hydroxylation sites is 1. The molecule has 0 atom stereocenters. The van der Waals surface area contributed by atoms with Gasteiger partial charge in [0.05, 0.1) is 17.1 Å². The maximum atomic E-state index is 11.6. The van der Waals surface area contributed by atoms with E-state index in [2.05, 4.69) is 10.3 Å². The molecule has 1 aromatic carbocycles. The van der Waals surface area contributed by atoms with Crippen molar-refractivity contribution in [2.75, 3.05) is 24.5 Å². The summed E-state index contributed by atoms with van der Waals surface area (Å²) in [5.41, 5.74) is 0.784. The van der Waals surface area contributed by atoms with Crippen molar-refractivity contribution < 1.29 is 4.79 Å². The molecule has 1 saturated heterocycles. The molecule has 0 aliphatic carbocycles. The molecule has 1 aliphatic heterocycles. The van der Waals surface area contributed by atoms with Gasteiger partial charge in [0.1, 0.15) is 5.82 Å². The summed E-state index contributed by atoms with van der Waals surface area (Å²) in [6.07, 6.45) is 0.925. The Balaban J connectivity index is 2.00. The molecule has 1 fully saturated rings. The van der Waals surface area contributed by atoms with Crippen LogP contribution in [0.25, 0.3) is 10.9 Å². The zero-order valence-electron chi connectivity index (χ0n) is 10.4. The van der Waals surface area contributed by atoms with Gasteiger partial charge in [-0.1, -0.05) is 23.7 Å². The summed E-state index contributed by atoms with van der Waals surface area (Å²) in [7, 11) is 0. The summed E-state index contributed by atoms with van der Waals surface area (Å²) in [5.74, 6) is 0.844. The summed E-state index contributed by atoms with van der Waals surface area (Å²) in [4.78, 5) is 18.2. The van der Waals surface area contributed by atoms with E-state index in [1.165, 1.54) is 0 Å². The van der Waals surface area contributed by atoms with Crippen LogP contribution in [0, 0.1) is 0 Å². The highest BCUT2D eigenvalue weighted by molar-refractivity contribution is 6.35. The second-order valence-corrected chi connectivity index (χ2v) is 5.01. The zero-order chi connectivity index (χ0) is 13.2. The zero-order valence-corrected chi connectivity index (χ0v) is 11.2. The van der Waals surface area contributed by atoms with Crippen molar-refractivity contribution in [3.63, 3.8) is 0 Å². The van der Waals surface area contributed by atoms with Crippen molar-refractivity contribution in [1.82, 2.24) is 10.3 Å². The summed E-state index contributed by atoms with van der Waals surface area (Å²) in [6, 6.07) is 9.65. The van der Waals surface area contributed by atoms with Crippen LogP contribution < -0.4 is 10.2 Å². The number of pyridine rings is 1. The SMILES string of the molecule is O=C1CN(c2ccc3cccc(Cl)c3n2)CCCN1. The minimum absolute atomic E-state index is 0.0403. The normalized spacial score (nSPS) is 16.3. The number of benzene rings is 1. The van der Waals surface area contributed by atoms with Crippen LogP contribution in [0.4, 0.5) is 5.82 Å². The third kappa shape index (κ3) is 2.49. The smallest absolute Gasteiger partial charge is 0.239 e. The van der Waals surface area contributed by atoms with Gasteiger partial charge in [0.25, 0.3) is 0 Å². The standard InChI is InChI=1S/C14H14ClN3O/c15-11-4-1-3-10-5-6-12(17-14(10)11)18-8-2-7-16-13(19)9-18/h1,3-6H,2,7-9H2,(H,16,19). The lowest BCUT2D eigenvalue weighted by Crippen LogP contribution is -2.33. The largest absolute Gasteiger partial charge is 0.354 e. The van der Waals surface area contributed by atoms with Gasteiger partial charge in [-0.2, -0.15) is 0 Å². The lowest BCUT2D eigenvalue weighted by atomic mass is 10.2. The van der Waals surface area contributed by atoms with Crippen molar-refractivity contribution in [3.8, 4) is 0 Å². The molecule has 19 heavy (non-hydrogen) atoms. The Morgan fingerprint density at radius 2 is 2.16 bits per heavy atom. The molecule has 1 N–H and O–H groups in total. The van der Waals surface area contributed by atoms with E-state index in [1.54, 1.807) is 0 Å². The van der Waals surface area contributed by atoms with Crippen LogP contribution in [0.5, 0.6) is 0 Å². The maximum absolute atomic E-state index is 11.6. The number of fused-ring (bicyclic) bond motifs is 1. The fraction of sp³-hybridized carbons (Fsp3) is 0.286. The molecule has 0 bridgehead atoms. The molecule has 2 heterocycles. The average molecular weight is 276 g/mol. The predicted octanol–water partition coefficient (Wildman–Crippen LogP) is 2.21. The van der Waals surface area contributed by atoms with Gasteiger partial charge in [-0.3, -0.25) is 4.79 Å². The van der Waals surface area contributed by atoms with Gasteiger partial charge in [-0.15, -0.1) is 0 Å². The average Bonchev–Trinajstić information content (AvgIpc) is 2.64. The molecule has 0 radical (unpaired) electrons. The van der Waals surface area contributed by atoms with Crippen LogP contribution in [0.3, 0.4) is 0 Å². The molecule has 2 aromatic rings. The Bertz CT molecular complexity index is 629. The second kappa shape index (κ2) is 5.05. The van der Waals surface area contributed by atoms with Gasteiger partial charge in [0, 0.05) is 18.5 Å². The Hall–Kier alpha value is -1.81. The van der Waals surface area contributed by atoms with E-state index in [0.717, 1.165) is 36.2 Å². The van der Waals surface area contributed by atoms with Crippen molar-refractivity contribution in [2.24, 2.45) is 0 Å². The number of nitrogens with zero attached hydrogens (tertiary/aromatic N) is 2. The number of carbonyl (C=O) groups excluding carboxylic acids is 1. The monoisotopic (exact) mass is 275 g/mol. The topological polar surface area (TPSA) is 45.2 Å². The third-order valence-electron chi connectivity index (χ3n) is 3.24. The molecule has 98 valence electrons. The van der Waals surface area contributed by atoms with Crippen LogP contribution in [0.1, 0.15) is 6.42 Å². The first-order valence-corrected chi connectivity index (χ1v) is 6.69. The van der Waals surface area contributed by atoms with E-state index >= 15 is 0 Å². The Kier molecular flexibility index (Phi) is 3.25. The first-order valence-electron chi connectivity index (χ1n) is 6.31. The Morgan fingerprint density at radius 1 is 1.26 bits per heavy atom. The van der Waals surface area contributed by atoms with Crippen molar-refractivity contribution >= 4 is 34.2 Å². The molecular formula is C14H14ClN3O. The lowest BCUT2D eigenvalue weighted by molar-refractivity contribution is -0.119. The van der Waals surface area contributed by atoms with Gasteiger partial charge in [0.15, 0.2) is 0 Å². The fourth-order valence-corrected chi connectivity index (χ4v) is 2.50. The van der Waals surface area contributed by atoms with E-state index < -0.39 is 0 Å². The highest BCUT2D eigenvalue weighted by Crippen LogP contribution is 2.24. The summed E-state index contributed by atoms with van der Waals surface area (Å²) in [6.45, 7) is 1.90. The molecule has 1 amide bonds. The first kappa shape index (κ1) is 12.2. The minimum Gasteiger partial charge on any atom is -0.354 e. The molecule has 1 aliphatic rings. The Labute approximate surface area is 116 Å². The summed E-state index contributed by atoms with van der Waals surface area (Å²) >= 11 is 6.17. The number of hydrogen-bond donors (Lipinski definition) is 1. The number of rotatable bonds is 1. The summed E-state index contributed by atoms with van der Waals surface area (Å²) in [5, 5.41) is 4.51. The number of carbonyl (C=O) groups is 1. The van der Waals surface area contributed by atoms with Crippen LogP contribution in [0.2, 0.25) is 5.02 Å². The predicted molar refractivity (Wildman–Crippen MR) is 76.6 cm³/mol. The molecule has 0 saturated carbocycles. The van der Waals surface area contributed by atoms with Gasteiger partial charge in [0.2, 0.25) is 5.91 Å². The van der Waals surface area contributed by atoms with Crippen LogP contribution in [0.15, 0.2) is 30.3 Å². The number of hydrogen-bond acceptors (Lipinski definition) is 3. The molecule has 0 unspecified atom stereocenters. The Morgan fingerprint density at radius 3 is 3.05 bits per heavy atom. The summed E-state index contributed by atoms with van der Waals surface area (Å²) < 4.78 is 0. The van der Waals surface area contributed by atoms with E-state index in [0.29, 0.717) is 11.6 Å². The minimum atomic E-state index is 0.0403. The molecule has 0 spiro atoms. The third-order valence-corrected chi connectivity index (χ3v) is 3.55. The first-order chi connectivity index (χ1) is 9.24. The number of amides is 1. The second-order valence-electron chi connectivity index (χ2n) is 4.61. The number of aromatic nitrogens is 1. The van der Waals surface area contributed by atoms with Crippen molar-refractivity contribution in [2.45, 2.75) is 6.42 Å². The van der Waals surface area contributed by atoms with E-state index in [1.807, 2.05) is 35.2 Å². The molecular weight excluding hydrogens is 262 g/mol. The van der Waals surface area contributed by atoms with Crippen molar-refractivity contribution in [1.29, 1.82) is 0 Å². The van der Waals surface area contributed by atoms with Gasteiger partial charge in [-0.25, -0.2) is 4.98 Å². The van der Waals surface area contributed by atoms with E-state index in [4.69, 9.17) is 11.6 Å². The lowest BCUT2D eigenvalue weighted by Gasteiger charge is -2.20. The van der Waals surface area contributed by atoms with Gasteiger partial charge < -0.3 is 10.2 Å². The van der Waals surface area contributed by atoms with Gasteiger partial charge >= 0.3 is 0 Å². The molecule has 5 heteroatoms. The number of halogens is 1. The highest BCUT2D eigenvalue weighted by atomic mass is 35.5.